The molecule has 1 aromatic carbocycles. The zero-order valence-electron chi connectivity index (χ0n) is 9.61. The van der Waals surface area contributed by atoms with Crippen molar-refractivity contribution in [2.45, 2.75) is 19.8 Å². The van der Waals surface area contributed by atoms with Gasteiger partial charge in [-0.2, -0.15) is 5.26 Å². The van der Waals surface area contributed by atoms with Crippen LogP contribution in [0.4, 0.5) is 5.69 Å². The molecular formula is C14H16N2. The summed E-state index contributed by atoms with van der Waals surface area (Å²) in [5.41, 5.74) is 3.75. The van der Waals surface area contributed by atoms with E-state index in [0.717, 1.165) is 18.7 Å². The molecule has 0 aliphatic carbocycles. The highest BCUT2D eigenvalue weighted by Gasteiger charge is 2.16. The number of para-hydroxylation sites is 1. The highest BCUT2D eigenvalue weighted by Crippen LogP contribution is 2.29. The van der Waals surface area contributed by atoms with Crippen LogP contribution in [0.2, 0.25) is 0 Å². The van der Waals surface area contributed by atoms with E-state index in [1.165, 1.54) is 24.1 Å². The number of rotatable bonds is 2. The molecule has 0 atom stereocenters. The lowest BCUT2D eigenvalue weighted by Gasteiger charge is -2.22. The Hall–Kier alpha value is -1.75. The van der Waals surface area contributed by atoms with Crippen LogP contribution in [-0.4, -0.2) is 13.1 Å². The van der Waals surface area contributed by atoms with Crippen LogP contribution in [-0.2, 0) is 0 Å². The van der Waals surface area contributed by atoms with Gasteiger partial charge in [0, 0.05) is 24.9 Å². The number of anilines is 1. The van der Waals surface area contributed by atoms with Crippen molar-refractivity contribution in [1.82, 2.24) is 0 Å². The summed E-state index contributed by atoms with van der Waals surface area (Å²) >= 11 is 0. The number of nitrogens with zero attached hydrogens (tertiary/aromatic N) is 2. The van der Waals surface area contributed by atoms with Gasteiger partial charge in [-0.3, -0.25) is 0 Å². The predicted octanol–water partition coefficient (Wildman–Crippen LogP) is 3.13. The molecule has 0 radical (unpaired) electrons. The fourth-order valence-electron chi connectivity index (χ4n) is 2.32. The first-order chi connectivity index (χ1) is 7.83. The molecule has 2 nitrogen and oxygen atoms in total. The second-order valence-electron chi connectivity index (χ2n) is 4.17. The summed E-state index contributed by atoms with van der Waals surface area (Å²) in [6.45, 7) is 4.41. The molecule has 16 heavy (non-hydrogen) atoms. The summed E-state index contributed by atoms with van der Waals surface area (Å²) in [7, 11) is 0. The van der Waals surface area contributed by atoms with E-state index in [1.807, 2.05) is 12.1 Å². The monoisotopic (exact) mass is 212 g/mol. The topological polar surface area (TPSA) is 27.0 Å². The van der Waals surface area contributed by atoms with E-state index in [2.05, 4.69) is 30.0 Å². The minimum absolute atomic E-state index is 1.14. The van der Waals surface area contributed by atoms with Crippen LogP contribution >= 0.6 is 0 Å². The Kier molecular flexibility index (Phi) is 3.26. The van der Waals surface area contributed by atoms with Gasteiger partial charge in [-0.05, 0) is 37.0 Å². The Balaban J connectivity index is 2.40. The van der Waals surface area contributed by atoms with Crippen LogP contribution in [0.3, 0.4) is 0 Å². The minimum Gasteiger partial charge on any atom is -0.371 e. The Morgan fingerprint density at radius 2 is 2.06 bits per heavy atom. The first kappa shape index (κ1) is 10.8. The third kappa shape index (κ3) is 2.09. The molecule has 2 rings (SSSR count). The van der Waals surface area contributed by atoms with Crippen molar-refractivity contribution in [3.05, 3.63) is 35.4 Å². The molecule has 0 unspecified atom stereocenters. The largest absolute Gasteiger partial charge is 0.371 e. The highest BCUT2D eigenvalue weighted by atomic mass is 15.1. The molecular weight excluding hydrogens is 196 g/mol. The van der Waals surface area contributed by atoms with Crippen molar-refractivity contribution in [3.8, 4) is 6.07 Å². The van der Waals surface area contributed by atoms with Crippen molar-refractivity contribution in [2.24, 2.45) is 0 Å². The van der Waals surface area contributed by atoms with E-state index in [-0.39, 0.29) is 0 Å². The van der Waals surface area contributed by atoms with Crippen molar-refractivity contribution < 1.29 is 0 Å². The first-order valence-electron chi connectivity index (χ1n) is 5.73. The van der Waals surface area contributed by atoms with Crippen molar-refractivity contribution >= 4 is 11.8 Å². The lowest BCUT2D eigenvalue weighted by Crippen LogP contribution is -2.19. The summed E-state index contributed by atoms with van der Waals surface area (Å²) < 4.78 is 0. The molecule has 0 aromatic heterocycles. The zero-order chi connectivity index (χ0) is 11.4. The molecule has 1 heterocycles. The van der Waals surface area contributed by atoms with Crippen LogP contribution in [0.15, 0.2) is 24.3 Å². The summed E-state index contributed by atoms with van der Waals surface area (Å²) in [6, 6.07) is 8.32. The minimum atomic E-state index is 1.14. The summed E-state index contributed by atoms with van der Waals surface area (Å²) in [5.74, 6) is 0. The summed E-state index contributed by atoms with van der Waals surface area (Å²) in [4.78, 5) is 2.42. The van der Waals surface area contributed by atoms with Crippen LogP contribution in [0.25, 0.3) is 6.08 Å². The summed E-state index contributed by atoms with van der Waals surface area (Å²) in [6.07, 6.45) is 6.00. The molecule has 0 bridgehead atoms. The maximum atomic E-state index is 8.60. The van der Waals surface area contributed by atoms with Gasteiger partial charge in [0.1, 0.15) is 0 Å². The molecule has 1 fully saturated rings. The molecule has 82 valence electrons. The van der Waals surface area contributed by atoms with E-state index in [4.69, 9.17) is 5.26 Å². The van der Waals surface area contributed by atoms with Gasteiger partial charge < -0.3 is 4.90 Å². The normalized spacial score (nSPS) is 15.6. The third-order valence-corrected chi connectivity index (χ3v) is 3.03. The van der Waals surface area contributed by atoms with E-state index in [0.29, 0.717) is 0 Å². The van der Waals surface area contributed by atoms with Gasteiger partial charge in [-0.15, -0.1) is 0 Å². The highest BCUT2D eigenvalue weighted by molar-refractivity contribution is 5.72. The van der Waals surface area contributed by atoms with Crippen LogP contribution in [0.5, 0.6) is 0 Å². The van der Waals surface area contributed by atoms with E-state index >= 15 is 0 Å². The number of allylic oxidation sites excluding steroid dienone is 1. The van der Waals surface area contributed by atoms with Crippen LogP contribution in [0, 0.1) is 18.3 Å². The van der Waals surface area contributed by atoms with E-state index in [1.54, 1.807) is 6.08 Å². The fourth-order valence-corrected chi connectivity index (χ4v) is 2.32. The molecule has 0 amide bonds. The number of benzene rings is 1. The number of aryl methyl sites for hydroxylation is 1. The van der Waals surface area contributed by atoms with E-state index < -0.39 is 0 Å². The van der Waals surface area contributed by atoms with E-state index in [9.17, 15) is 0 Å². The standard InChI is InChI=1S/C14H16N2/c1-12-6-4-7-13(8-5-9-15)14(12)16-10-2-3-11-16/h4-8H,2-3,10-11H2,1H3. The lowest BCUT2D eigenvalue weighted by molar-refractivity contribution is 0.949. The zero-order valence-corrected chi connectivity index (χ0v) is 9.61. The Morgan fingerprint density at radius 3 is 2.75 bits per heavy atom. The van der Waals surface area contributed by atoms with Gasteiger partial charge in [-0.25, -0.2) is 0 Å². The predicted molar refractivity (Wildman–Crippen MR) is 67.3 cm³/mol. The number of nitriles is 1. The third-order valence-electron chi connectivity index (χ3n) is 3.03. The van der Waals surface area contributed by atoms with Gasteiger partial charge in [0.15, 0.2) is 0 Å². The Morgan fingerprint density at radius 1 is 1.31 bits per heavy atom. The molecule has 1 aliphatic heterocycles. The van der Waals surface area contributed by atoms with Crippen LogP contribution in [0.1, 0.15) is 24.0 Å². The van der Waals surface area contributed by atoms with Crippen molar-refractivity contribution in [3.63, 3.8) is 0 Å². The lowest BCUT2D eigenvalue weighted by atomic mass is 10.1. The second-order valence-corrected chi connectivity index (χ2v) is 4.17. The molecule has 1 aromatic rings. The number of hydrogen-bond donors (Lipinski definition) is 0. The van der Waals surface area contributed by atoms with Crippen molar-refractivity contribution in [2.75, 3.05) is 18.0 Å². The quantitative estimate of drug-likeness (QED) is 0.704. The van der Waals surface area contributed by atoms with Crippen LogP contribution < -0.4 is 4.90 Å². The SMILES string of the molecule is Cc1cccc(C=CC#N)c1N1CCCC1. The Labute approximate surface area is 96.8 Å². The first-order valence-corrected chi connectivity index (χ1v) is 5.73. The molecule has 1 aliphatic rings. The maximum Gasteiger partial charge on any atom is 0.0912 e. The molecule has 0 N–H and O–H groups in total. The van der Waals surface area contributed by atoms with Gasteiger partial charge in [0.05, 0.1) is 6.07 Å². The second kappa shape index (κ2) is 4.85. The average Bonchev–Trinajstić information content (AvgIpc) is 2.79. The average molecular weight is 212 g/mol. The van der Waals surface area contributed by atoms with Gasteiger partial charge in [-0.1, -0.05) is 18.2 Å². The molecule has 0 spiro atoms. The molecule has 0 saturated carbocycles. The Bertz CT molecular complexity index is 435. The smallest absolute Gasteiger partial charge is 0.0912 e. The fraction of sp³-hybridized carbons (Fsp3) is 0.357. The van der Waals surface area contributed by atoms with Gasteiger partial charge in [0.2, 0.25) is 0 Å². The molecule has 2 heteroatoms. The van der Waals surface area contributed by atoms with Crippen molar-refractivity contribution in [1.29, 1.82) is 5.26 Å². The van der Waals surface area contributed by atoms with Gasteiger partial charge >= 0.3 is 0 Å². The van der Waals surface area contributed by atoms with Gasteiger partial charge in [0.25, 0.3) is 0 Å². The summed E-state index contributed by atoms with van der Waals surface area (Å²) in [5, 5.41) is 8.60. The molecule has 1 saturated heterocycles. The maximum absolute atomic E-state index is 8.60. The number of hydrogen-bond acceptors (Lipinski definition) is 2.